The standard InChI is InChI=1S/C52H57F3N10O6/c1-34(48-58-56-33-59(48)2)38-4-3-5-41(25-38)63-31-46-44(52(53,54)55)24-37(29-65(46)51(63)69)28-60-16-14-42(15-17-60)71-23-22-70-32-36-8-6-35(7-9-36)27-61-18-20-62(21-19-61)40-10-11-43-39(26-40)30-64(50(43)68)45-12-13-47(66)57-49(45)67/h3-11,24-26,29,31,33-34,42,45H,12-23,27-28,30,32H2,1-2H3,(H,57,66,67)/t34-,45+/m1/s1. The van der Waals surface area contributed by atoms with E-state index in [0.717, 1.165) is 84.2 Å². The summed E-state index contributed by atoms with van der Waals surface area (Å²) in [5.74, 6) is -0.301. The van der Waals surface area contributed by atoms with E-state index in [1.165, 1.54) is 22.5 Å². The van der Waals surface area contributed by atoms with Gasteiger partial charge in [-0.2, -0.15) is 13.2 Å². The molecule has 3 saturated heterocycles. The maximum atomic E-state index is 14.5. The number of piperazine rings is 1. The number of ether oxygens (including phenoxy) is 2. The number of hydrogen-bond donors (Lipinski definition) is 1. The summed E-state index contributed by atoms with van der Waals surface area (Å²) in [6, 6.07) is 22.1. The van der Waals surface area contributed by atoms with Crippen molar-refractivity contribution in [2.24, 2.45) is 7.05 Å². The number of alkyl halides is 3. The molecule has 0 radical (unpaired) electrons. The van der Waals surface area contributed by atoms with Crippen LogP contribution in [0.4, 0.5) is 18.9 Å². The average Bonchev–Trinajstić information content (AvgIpc) is 4.05. The van der Waals surface area contributed by atoms with E-state index in [4.69, 9.17) is 9.47 Å². The Morgan fingerprint density at radius 1 is 0.803 bits per heavy atom. The van der Waals surface area contributed by atoms with Gasteiger partial charge in [0.05, 0.1) is 42.7 Å². The number of halogens is 3. The van der Waals surface area contributed by atoms with Crippen LogP contribution in [-0.4, -0.2) is 121 Å². The minimum absolute atomic E-state index is 0.0184. The number of fused-ring (bicyclic) bond motifs is 2. The van der Waals surface area contributed by atoms with Crippen LogP contribution in [0.5, 0.6) is 0 Å². The van der Waals surface area contributed by atoms with Gasteiger partial charge >= 0.3 is 11.9 Å². The summed E-state index contributed by atoms with van der Waals surface area (Å²) in [6.07, 6.45) is 1.78. The molecule has 6 aromatic rings. The lowest BCUT2D eigenvalue weighted by atomic mass is 10.00. The predicted molar refractivity (Wildman–Crippen MR) is 257 cm³/mol. The van der Waals surface area contributed by atoms with Gasteiger partial charge in [0.15, 0.2) is 0 Å². The molecule has 3 aromatic heterocycles. The lowest BCUT2D eigenvalue weighted by Gasteiger charge is -2.36. The lowest BCUT2D eigenvalue weighted by molar-refractivity contribution is -0.137. The van der Waals surface area contributed by atoms with Crippen LogP contribution in [0, 0.1) is 0 Å². The minimum atomic E-state index is -4.67. The highest BCUT2D eigenvalue weighted by Crippen LogP contribution is 2.35. The molecule has 10 rings (SSSR count). The summed E-state index contributed by atoms with van der Waals surface area (Å²) in [4.78, 5) is 59.4. The number of aryl methyl sites for hydroxylation is 1. The molecule has 372 valence electrons. The second kappa shape index (κ2) is 20.2. The third kappa shape index (κ3) is 10.4. The Hall–Kier alpha value is -6.67. The third-order valence-corrected chi connectivity index (χ3v) is 14.4. The SMILES string of the molecule is C[C@H](c1cccc(-n2cc3c(C(F)(F)F)cc(CN4CCC(OCCOCc5ccc(CN6CCN(c7ccc8c(c7)CN([C@H]7CCC(=O)NC7=O)C8=O)CC6)cc5)CC4)cn3c2=O)c1)c1nncn1C. The number of nitrogens with one attached hydrogen (secondary N) is 1. The number of carbonyl (C=O) groups is 3. The summed E-state index contributed by atoms with van der Waals surface area (Å²) < 4.78 is 59.9. The molecule has 3 fully saturated rings. The predicted octanol–water partition coefficient (Wildman–Crippen LogP) is 5.67. The highest BCUT2D eigenvalue weighted by Gasteiger charge is 2.40. The van der Waals surface area contributed by atoms with Gasteiger partial charge in [0.25, 0.3) is 5.91 Å². The van der Waals surface area contributed by atoms with Crippen molar-refractivity contribution in [3.05, 3.63) is 147 Å². The van der Waals surface area contributed by atoms with E-state index < -0.39 is 29.4 Å². The van der Waals surface area contributed by atoms with E-state index >= 15 is 0 Å². The molecule has 0 unspecified atom stereocenters. The van der Waals surface area contributed by atoms with Gasteiger partial charge in [-0.25, -0.2) is 4.79 Å². The van der Waals surface area contributed by atoms with Gasteiger partial charge in [0.2, 0.25) is 11.8 Å². The summed E-state index contributed by atoms with van der Waals surface area (Å²) in [6.45, 7) is 9.53. The smallest absolute Gasteiger partial charge is 0.376 e. The van der Waals surface area contributed by atoms with Gasteiger partial charge in [-0.15, -0.1) is 10.2 Å². The summed E-state index contributed by atoms with van der Waals surface area (Å²) in [5.41, 5.74) is 4.96. The summed E-state index contributed by atoms with van der Waals surface area (Å²) >= 11 is 0. The molecule has 4 aliphatic heterocycles. The Labute approximate surface area is 408 Å². The molecule has 19 heteroatoms. The molecule has 4 aliphatic rings. The van der Waals surface area contributed by atoms with Crippen molar-refractivity contribution in [3.63, 3.8) is 0 Å². The van der Waals surface area contributed by atoms with E-state index in [1.54, 1.807) is 29.4 Å². The van der Waals surface area contributed by atoms with Crippen molar-refractivity contribution in [3.8, 4) is 5.69 Å². The molecule has 0 aliphatic carbocycles. The zero-order valence-corrected chi connectivity index (χ0v) is 39.8. The first kappa shape index (κ1) is 48.0. The number of likely N-dealkylation sites (tertiary alicyclic amines) is 1. The fourth-order valence-corrected chi connectivity index (χ4v) is 10.4. The molecule has 0 saturated carbocycles. The second-order valence-electron chi connectivity index (χ2n) is 19.1. The zero-order valence-electron chi connectivity index (χ0n) is 39.8. The van der Waals surface area contributed by atoms with Crippen molar-refractivity contribution < 1.29 is 37.0 Å². The third-order valence-electron chi connectivity index (χ3n) is 14.4. The Kier molecular flexibility index (Phi) is 13.7. The van der Waals surface area contributed by atoms with E-state index in [2.05, 4.69) is 60.5 Å². The van der Waals surface area contributed by atoms with Crippen molar-refractivity contribution in [1.29, 1.82) is 0 Å². The van der Waals surface area contributed by atoms with Crippen molar-refractivity contribution >= 4 is 28.9 Å². The molecule has 3 aromatic carbocycles. The molecule has 0 bridgehead atoms. The largest absolute Gasteiger partial charge is 0.418 e. The Balaban J connectivity index is 0.648. The molecule has 16 nitrogen and oxygen atoms in total. The van der Waals surface area contributed by atoms with Crippen LogP contribution < -0.4 is 15.9 Å². The number of anilines is 1. The number of imidazole rings is 1. The number of benzene rings is 3. The van der Waals surface area contributed by atoms with E-state index in [9.17, 15) is 32.3 Å². The summed E-state index contributed by atoms with van der Waals surface area (Å²) in [5, 5.41) is 10.5. The quantitative estimate of drug-likeness (QED) is 0.100. The van der Waals surface area contributed by atoms with Gasteiger partial charge < -0.3 is 23.8 Å². The van der Waals surface area contributed by atoms with Crippen LogP contribution in [0.3, 0.4) is 0 Å². The highest BCUT2D eigenvalue weighted by molar-refractivity contribution is 6.05. The molecule has 3 amide bonds. The molecule has 7 heterocycles. The number of imide groups is 1. The number of aromatic nitrogens is 5. The number of rotatable bonds is 15. The molecular weight excluding hydrogens is 918 g/mol. The Morgan fingerprint density at radius 3 is 2.28 bits per heavy atom. The average molecular weight is 975 g/mol. The number of piperidine rings is 2. The van der Waals surface area contributed by atoms with Crippen molar-refractivity contribution in [2.45, 2.75) is 83.1 Å². The number of nitrogens with zero attached hydrogens (tertiary/aromatic N) is 9. The van der Waals surface area contributed by atoms with E-state index in [1.807, 2.05) is 36.7 Å². The molecule has 0 spiro atoms. The zero-order chi connectivity index (χ0) is 49.4. The van der Waals surface area contributed by atoms with Gasteiger partial charge in [-0.1, -0.05) is 43.3 Å². The maximum absolute atomic E-state index is 14.5. The van der Waals surface area contributed by atoms with Crippen molar-refractivity contribution in [2.75, 3.05) is 57.4 Å². The van der Waals surface area contributed by atoms with Crippen LogP contribution >= 0.6 is 0 Å². The topological polar surface area (TPSA) is 152 Å². The normalized spacial score (nSPS) is 18.9. The first-order valence-corrected chi connectivity index (χ1v) is 24.3. The van der Waals surface area contributed by atoms with E-state index in [0.29, 0.717) is 62.7 Å². The fraction of sp³-hybridized carbons (Fsp3) is 0.423. The molecular formula is C52H57F3N10O6. The number of amides is 3. The van der Waals surface area contributed by atoms with Crippen molar-refractivity contribution in [1.82, 2.24) is 43.7 Å². The van der Waals surface area contributed by atoms with Crippen LogP contribution in [0.15, 0.2) is 96.3 Å². The van der Waals surface area contributed by atoms with Crippen LogP contribution in [-0.2, 0) is 58.5 Å². The highest BCUT2D eigenvalue weighted by atomic mass is 19.4. The number of hydrogen-bond acceptors (Lipinski definition) is 11. The molecule has 2 atom stereocenters. The molecule has 71 heavy (non-hydrogen) atoms. The number of carbonyl (C=O) groups excluding carboxylic acids is 3. The van der Waals surface area contributed by atoms with E-state index in [-0.39, 0.29) is 42.3 Å². The lowest BCUT2D eigenvalue weighted by Crippen LogP contribution is -2.52. The van der Waals surface area contributed by atoms with Crippen LogP contribution in [0.1, 0.15) is 88.1 Å². The second-order valence-corrected chi connectivity index (χ2v) is 19.1. The van der Waals surface area contributed by atoms with Gasteiger partial charge in [-0.3, -0.25) is 38.5 Å². The minimum Gasteiger partial charge on any atom is -0.376 e. The number of pyridine rings is 1. The fourth-order valence-electron chi connectivity index (χ4n) is 10.4. The molecule has 1 N–H and O–H groups in total. The van der Waals surface area contributed by atoms with Gasteiger partial charge in [0.1, 0.15) is 18.2 Å². The first-order chi connectivity index (χ1) is 34.2. The van der Waals surface area contributed by atoms with Gasteiger partial charge in [-0.05, 0) is 83.5 Å². The Morgan fingerprint density at radius 2 is 1.55 bits per heavy atom. The van der Waals surface area contributed by atoms with Crippen LogP contribution in [0.25, 0.3) is 11.2 Å². The first-order valence-electron chi connectivity index (χ1n) is 24.3. The van der Waals surface area contributed by atoms with Gasteiger partial charge in [0, 0.05) is 102 Å². The summed E-state index contributed by atoms with van der Waals surface area (Å²) in [7, 11) is 1.84. The Bertz CT molecular complexity index is 2990. The monoisotopic (exact) mass is 974 g/mol. The van der Waals surface area contributed by atoms with Crippen LogP contribution in [0.2, 0.25) is 0 Å². The maximum Gasteiger partial charge on any atom is 0.418 e.